The highest BCUT2D eigenvalue weighted by atomic mass is 16.5. The van der Waals surface area contributed by atoms with Crippen LogP contribution >= 0.6 is 0 Å². The molecule has 1 aromatic rings. The zero-order valence-corrected chi connectivity index (χ0v) is 13.1. The van der Waals surface area contributed by atoms with Gasteiger partial charge in [0, 0.05) is 19.2 Å². The summed E-state index contributed by atoms with van der Waals surface area (Å²) >= 11 is 0. The maximum Gasteiger partial charge on any atom is 0.221 e. The fourth-order valence-electron chi connectivity index (χ4n) is 1.96. The molecular weight excluding hydrogens is 268 g/mol. The van der Waals surface area contributed by atoms with Crippen LogP contribution in [0.1, 0.15) is 26.7 Å². The largest absolute Gasteiger partial charge is 0.491 e. The van der Waals surface area contributed by atoms with Crippen LogP contribution < -0.4 is 10.1 Å². The van der Waals surface area contributed by atoms with E-state index < -0.39 is 6.10 Å². The topological polar surface area (TPSA) is 61.8 Å². The molecule has 0 aliphatic carbocycles. The third kappa shape index (κ3) is 7.68. The summed E-state index contributed by atoms with van der Waals surface area (Å²) in [6.45, 7) is 5.46. The second-order valence-electron chi connectivity index (χ2n) is 5.29. The van der Waals surface area contributed by atoms with Crippen LogP contribution in [0.25, 0.3) is 0 Å². The van der Waals surface area contributed by atoms with Gasteiger partial charge in [0.2, 0.25) is 5.91 Å². The number of likely N-dealkylation sites (N-methyl/N-ethyl adjacent to an activating group) is 1. The number of aliphatic hydroxyl groups excluding tert-OH is 1. The molecule has 0 spiro atoms. The molecule has 0 bridgehead atoms. The number of ether oxygens (including phenoxy) is 1. The number of carbonyl (C=O) groups excluding carboxylic acids is 1. The Morgan fingerprint density at radius 1 is 1.38 bits per heavy atom. The lowest BCUT2D eigenvalue weighted by Crippen LogP contribution is -2.33. The van der Waals surface area contributed by atoms with Gasteiger partial charge in [-0.15, -0.1) is 0 Å². The van der Waals surface area contributed by atoms with Gasteiger partial charge >= 0.3 is 0 Å². The van der Waals surface area contributed by atoms with E-state index in [-0.39, 0.29) is 12.5 Å². The van der Waals surface area contributed by atoms with Crippen LogP contribution in [0.4, 0.5) is 5.69 Å². The second kappa shape index (κ2) is 9.37. The molecule has 0 saturated heterocycles. The van der Waals surface area contributed by atoms with E-state index in [1.807, 2.05) is 7.05 Å². The van der Waals surface area contributed by atoms with Gasteiger partial charge in [0.25, 0.3) is 0 Å². The van der Waals surface area contributed by atoms with Gasteiger partial charge in [-0.25, -0.2) is 0 Å². The van der Waals surface area contributed by atoms with Crippen molar-refractivity contribution in [2.24, 2.45) is 0 Å². The van der Waals surface area contributed by atoms with Gasteiger partial charge in [-0.2, -0.15) is 0 Å². The minimum absolute atomic E-state index is 0.103. The van der Waals surface area contributed by atoms with Crippen molar-refractivity contribution in [3.63, 3.8) is 0 Å². The molecule has 1 unspecified atom stereocenters. The van der Waals surface area contributed by atoms with Gasteiger partial charge in [-0.3, -0.25) is 4.79 Å². The SMILES string of the molecule is CCCCN(C)CC(O)COc1ccc(NC(C)=O)cc1. The number of hydrogen-bond acceptors (Lipinski definition) is 4. The molecule has 0 aromatic heterocycles. The number of benzene rings is 1. The van der Waals surface area contributed by atoms with E-state index in [9.17, 15) is 9.90 Å². The first-order valence-electron chi connectivity index (χ1n) is 7.38. The molecule has 0 radical (unpaired) electrons. The lowest BCUT2D eigenvalue weighted by molar-refractivity contribution is -0.114. The summed E-state index contributed by atoms with van der Waals surface area (Å²) in [5.74, 6) is 0.577. The molecule has 21 heavy (non-hydrogen) atoms. The van der Waals surface area contributed by atoms with Crippen molar-refractivity contribution in [1.29, 1.82) is 0 Å². The fourth-order valence-corrected chi connectivity index (χ4v) is 1.96. The van der Waals surface area contributed by atoms with Gasteiger partial charge in [0.15, 0.2) is 0 Å². The highest BCUT2D eigenvalue weighted by molar-refractivity contribution is 5.88. The first-order chi connectivity index (χ1) is 10.0. The normalized spacial score (nSPS) is 12.2. The number of nitrogens with zero attached hydrogens (tertiary/aromatic N) is 1. The van der Waals surface area contributed by atoms with E-state index in [1.54, 1.807) is 24.3 Å². The first-order valence-corrected chi connectivity index (χ1v) is 7.38. The maximum atomic E-state index is 10.9. The van der Waals surface area contributed by atoms with E-state index in [2.05, 4.69) is 17.1 Å². The van der Waals surface area contributed by atoms with Crippen molar-refractivity contribution in [2.45, 2.75) is 32.8 Å². The number of anilines is 1. The Morgan fingerprint density at radius 3 is 2.62 bits per heavy atom. The number of hydrogen-bond donors (Lipinski definition) is 2. The van der Waals surface area contributed by atoms with Crippen LogP contribution in [0.5, 0.6) is 5.75 Å². The summed E-state index contributed by atoms with van der Waals surface area (Å²) in [6.07, 6.45) is 1.77. The van der Waals surface area contributed by atoms with Crippen LogP contribution in [-0.2, 0) is 4.79 Å². The Balaban J connectivity index is 2.32. The van der Waals surface area contributed by atoms with Gasteiger partial charge in [-0.05, 0) is 44.3 Å². The summed E-state index contributed by atoms with van der Waals surface area (Å²) in [4.78, 5) is 13.0. The molecular formula is C16H26N2O3. The number of unbranched alkanes of at least 4 members (excludes halogenated alkanes) is 1. The lowest BCUT2D eigenvalue weighted by Gasteiger charge is -2.20. The molecule has 5 heteroatoms. The molecule has 1 rings (SSSR count). The number of carbonyl (C=O) groups is 1. The number of aliphatic hydroxyl groups is 1. The van der Waals surface area contributed by atoms with Crippen molar-refractivity contribution >= 4 is 11.6 Å². The minimum atomic E-state index is -0.512. The predicted octanol–water partition coefficient (Wildman–Crippen LogP) is 2.12. The van der Waals surface area contributed by atoms with Gasteiger partial charge in [0.1, 0.15) is 18.5 Å². The monoisotopic (exact) mass is 294 g/mol. The maximum absolute atomic E-state index is 10.9. The van der Waals surface area contributed by atoms with Crippen molar-refractivity contribution in [3.05, 3.63) is 24.3 Å². The third-order valence-corrected chi connectivity index (χ3v) is 3.03. The highest BCUT2D eigenvalue weighted by Gasteiger charge is 2.09. The smallest absolute Gasteiger partial charge is 0.221 e. The molecule has 1 atom stereocenters. The second-order valence-corrected chi connectivity index (χ2v) is 5.29. The Hall–Kier alpha value is -1.59. The number of rotatable bonds is 9. The summed E-state index contributed by atoms with van der Waals surface area (Å²) in [5.41, 5.74) is 0.731. The molecule has 2 N–H and O–H groups in total. The van der Waals surface area contributed by atoms with Crippen molar-refractivity contribution in [1.82, 2.24) is 4.90 Å². The van der Waals surface area contributed by atoms with Crippen LogP contribution in [0.15, 0.2) is 24.3 Å². The summed E-state index contributed by atoms with van der Waals surface area (Å²) < 4.78 is 5.54. The molecule has 5 nitrogen and oxygen atoms in total. The standard InChI is InChI=1S/C16H26N2O3/c1-4-5-10-18(3)11-15(20)12-21-16-8-6-14(7-9-16)17-13(2)19/h6-9,15,20H,4-5,10-12H2,1-3H3,(H,17,19). The van der Waals surface area contributed by atoms with Crippen LogP contribution in [0.2, 0.25) is 0 Å². The molecule has 1 aromatic carbocycles. The Labute approximate surface area is 126 Å². The average molecular weight is 294 g/mol. The first kappa shape index (κ1) is 17.5. The van der Waals surface area contributed by atoms with E-state index in [1.165, 1.54) is 6.92 Å². The van der Waals surface area contributed by atoms with E-state index in [0.717, 1.165) is 25.1 Å². The Morgan fingerprint density at radius 2 is 2.05 bits per heavy atom. The van der Waals surface area contributed by atoms with Crippen LogP contribution in [0, 0.1) is 0 Å². The average Bonchev–Trinajstić information content (AvgIpc) is 2.44. The highest BCUT2D eigenvalue weighted by Crippen LogP contribution is 2.15. The summed E-state index contributed by atoms with van der Waals surface area (Å²) in [5, 5.41) is 12.6. The van der Waals surface area contributed by atoms with E-state index >= 15 is 0 Å². The third-order valence-electron chi connectivity index (χ3n) is 3.03. The minimum Gasteiger partial charge on any atom is -0.491 e. The molecule has 118 valence electrons. The zero-order chi connectivity index (χ0) is 15.7. The molecule has 0 aliphatic heterocycles. The van der Waals surface area contributed by atoms with Gasteiger partial charge in [0.05, 0.1) is 0 Å². The molecule has 0 heterocycles. The number of nitrogens with one attached hydrogen (secondary N) is 1. The van der Waals surface area contributed by atoms with E-state index in [0.29, 0.717) is 12.3 Å². The van der Waals surface area contributed by atoms with Crippen molar-refractivity contribution < 1.29 is 14.6 Å². The van der Waals surface area contributed by atoms with Crippen LogP contribution in [-0.4, -0.2) is 48.8 Å². The van der Waals surface area contributed by atoms with E-state index in [4.69, 9.17) is 4.74 Å². The lowest BCUT2D eigenvalue weighted by atomic mass is 10.3. The predicted molar refractivity (Wildman–Crippen MR) is 84.7 cm³/mol. The Bertz CT molecular complexity index is 420. The van der Waals surface area contributed by atoms with Crippen LogP contribution in [0.3, 0.4) is 0 Å². The molecule has 1 amide bonds. The molecule has 0 saturated carbocycles. The molecule has 0 aliphatic rings. The molecule has 0 fully saturated rings. The zero-order valence-electron chi connectivity index (χ0n) is 13.1. The quantitative estimate of drug-likeness (QED) is 0.732. The van der Waals surface area contributed by atoms with Gasteiger partial charge in [-0.1, -0.05) is 13.3 Å². The number of amides is 1. The Kier molecular flexibility index (Phi) is 7.79. The van der Waals surface area contributed by atoms with Crippen molar-refractivity contribution in [3.8, 4) is 5.75 Å². The summed E-state index contributed by atoms with van der Waals surface area (Å²) in [7, 11) is 2.00. The van der Waals surface area contributed by atoms with Crippen molar-refractivity contribution in [2.75, 3.05) is 32.1 Å². The fraction of sp³-hybridized carbons (Fsp3) is 0.562. The van der Waals surface area contributed by atoms with Gasteiger partial charge < -0.3 is 20.1 Å². The summed E-state index contributed by atoms with van der Waals surface area (Å²) in [6, 6.07) is 7.10.